The summed E-state index contributed by atoms with van der Waals surface area (Å²) in [4.78, 5) is 26.3. The lowest BCUT2D eigenvalue weighted by Gasteiger charge is -2.05. The van der Waals surface area contributed by atoms with E-state index in [0.717, 1.165) is 29.3 Å². The van der Waals surface area contributed by atoms with Gasteiger partial charge in [-0.05, 0) is 18.1 Å². The Hall–Kier alpha value is -2.30. The summed E-state index contributed by atoms with van der Waals surface area (Å²) < 4.78 is 4.99. The second-order valence-electron chi connectivity index (χ2n) is 4.90. The van der Waals surface area contributed by atoms with Crippen LogP contribution in [0.5, 0.6) is 0 Å². The molecule has 0 bridgehead atoms. The van der Waals surface area contributed by atoms with Crippen LogP contribution in [-0.2, 0) is 20.7 Å². The van der Waals surface area contributed by atoms with Crippen LogP contribution in [0.15, 0.2) is 30.5 Å². The number of rotatable bonds is 7. The summed E-state index contributed by atoms with van der Waals surface area (Å²) in [6, 6.07) is 7.75. The van der Waals surface area contributed by atoms with Crippen LogP contribution in [0.4, 0.5) is 0 Å². The van der Waals surface area contributed by atoms with E-state index in [2.05, 4.69) is 10.3 Å². The highest BCUT2D eigenvalue weighted by molar-refractivity contribution is 5.88. The standard InChI is InChI=1S/C16H20N2O3/c1-2-3-8-17-15(19)11-21-16(20)9-12-10-18-14-7-5-4-6-13(12)14/h4-7,10,18H,2-3,8-9,11H2,1H3,(H,17,19). The van der Waals surface area contributed by atoms with Gasteiger partial charge in [0, 0.05) is 23.6 Å². The first-order valence-electron chi connectivity index (χ1n) is 7.18. The van der Waals surface area contributed by atoms with Gasteiger partial charge in [0.25, 0.3) is 5.91 Å². The van der Waals surface area contributed by atoms with Crippen LogP contribution < -0.4 is 5.32 Å². The first-order chi connectivity index (χ1) is 10.2. The summed E-state index contributed by atoms with van der Waals surface area (Å²) >= 11 is 0. The number of carbonyl (C=O) groups excluding carboxylic acids is 2. The molecule has 0 aliphatic carbocycles. The number of para-hydroxylation sites is 1. The highest BCUT2D eigenvalue weighted by atomic mass is 16.5. The van der Waals surface area contributed by atoms with Crippen molar-refractivity contribution < 1.29 is 14.3 Å². The fourth-order valence-electron chi connectivity index (χ4n) is 2.09. The Morgan fingerprint density at radius 3 is 2.90 bits per heavy atom. The summed E-state index contributed by atoms with van der Waals surface area (Å²) in [5, 5.41) is 3.71. The van der Waals surface area contributed by atoms with Gasteiger partial charge in [-0.2, -0.15) is 0 Å². The molecule has 5 heteroatoms. The van der Waals surface area contributed by atoms with Gasteiger partial charge in [0.05, 0.1) is 6.42 Å². The fourth-order valence-corrected chi connectivity index (χ4v) is 2.09. The average Bonchev–Trinajstić information content (AvgIpc) is 2.89. The number of esters is 1. The highest BCUT2D eigenvalue weighted by Gasteiger charge is 2.11. The Balaban J connectivity index is 1.81. The molecule has 0 atom stereocenters. The van der Waals surface area contributed by atoms with E-state index in [1.807, 2.05) is 31.2 Å². The lowest BCUT2D eigenvalue weighted by atomic mass is 10.1. The third-order valence-electron chi connectivity index (χ3n) is 3.23. The van der Waals surface area contributed by atoms with Crippen LogP contribution in [0.25, 0.3) is 10.9 Å². The maximum Gasteiger partial charge on any atom is 0.310 e. The monoisotopic (exact) mass is 288 g/mol. The normalized spacial score (nSPS) is 10.5. The molecule has 2 aromatic rings. The smallest absolute Gasteiger partial charge is 0.310 e. The van der Waals surface area contributed by atoms with Crippen LogP contribution in [0.1, 0.15) is 25.3 Å². The number of amides is 1. The van der Waals surface area contributed by atoms with Crippen molar-refractivity contribution in [2.75, 3.05) is 13.2 Å². The minimum Gasteiger partial charge on any atom is -0.455 e. The molecule has 0 unspecified atom stereocenters. The van der Waals surface area contributed by atoms with Crippen molar-refractivity contribution in [3.05, 3.63) is 36.0 Å². The Morgan fingerprint density at radius 2 is 2.10 bits per heavy atom. The van der Waals surface area contributed by atoms with E-state index >= 15 is 0 Å². The molecule has 0 saturated heterocycles. The van der Waals surface area contributed by atoms with Crippen LogP contribution in [-0.4, -0.2) is 30.0 Å². The number of aromatic nitrogens is 1. The largest absolute Gasteiger partial charge is 0.455 e. The zero-order valence-electron chi connectivity index (χ0n) is 12.1. The molecule has 0 fully saturated rings. The molecule has 2 rings (SSSR count). The summed E-state index contributed by atoms with van der Waals surface area (Å²) in [6.07, 6.45) is 3.90. The SMILES string of the molecule is CCCCNC(=O)COC(=O)Cc1c[nH]c2ccccc12. The molecule has 0 aliphatic heterocycles. The first kappa shape index (κ1) is 15.1. The average molecular weight is 288 g/mol. The van der Waals surface area contributed by atoms with Crippen LogP contribution >= 0.6 is 0 Å². The number of hydrogen-bond acceptors (Lipinski definition) is 3. The van der Waals surface area contributed by atoms with Gasteiger partial charge in [-0.25, -0.2) is 0 Å². The fraction of sp³-hybridized carbons (Fsp3) is 0.375. The van der Waals surface area contributed by atoms with E-state index < -0.39 is 5.97 Å². The quantitative estimate of drug-likeness (QED) is 0.606. The van der Waals surface area contributed by atoms with Gasteiger partial charge >= 0.3 is 5.97 Å². The predicted molar refractivity (Wildman–Crippen MR) is 80.9 cm³/mol. The summed E-state index contributed by atoms with van der Waals surface area (Å²) in [6.45, 7) is 2.45. The summed E-state index contributed by atoms with van der Waals surface area (Å²) in [7, 11) is 0. The zero-order valence-corrected chi connectivity index (χ0v) is 12.1. The van der Waals surface area contributed by atoms with Crippen LogP contribution in [0, 0.1) is 0 Å². The number of aromatic amines is 1. The van der Waals surface area contributed by atoms with E-state index in [9.17, 15) is 9.59 Å². The molecular formula is C16H20N2O3. The zero-order chi connectivity index (χ0) is 15.1. The maximum atomic E-state index is 11.8. The predicted octanol–water partition coefficient (Wildman–Crippen LogP) is 2.17. The van der Waals surface area contributed by atoms with Crippen molar-refractivity contribution in [3.8, 4) is 0 Å². The van der Waals surface area contributed by atoms with E-state index in [0.29, 0.717) is 6.54 Å². The molecule has 1 amide bonds. The molecule has 1 aromatic heterocycles. The number of hydrogen-bond donors (Lipinski definition) is 2. The van der Waals surface area contributed by atoms with Gasteiger partial charge in [0.2, 0.25) is 0 Å². The molecular weight excluding hydrogens is 268 g/mol. The van der Waals surface area contributed by atoms with Crippen molar-refractivity contribution in [2.24, 2.45) is 0 Å². The number of benzene rings is 1. The van der Waals surface area contributed by atoms with Crippen molar-refractivity contribution >= 4 is 22.8 Å². The molecule has 2 N–H and O–H groups in total. The lowest BCUT2D eigenvalue weighted by Crippen LogP contribution is -2.29. The molecule has 0 spiro atoms. The second-order valence-corrected chi connectivity index (χ2v) is 4.90. The van der Waals surface area contributed by atoms with E-state index in [1.54, 1.807) is 6.20 Å². The Labute approximate surface area is 123 Å². The van der Waals surface area contributed by atoms with E-state index in [1.165, 1.54) is 0 Å². The third-order valence-corrected chi connectivity index (χ3v) is 3.23. The Bertz CT molecular complexity index is 619. The van der Waals surface area contributed by atoms with Gasteiger partial charge in [0.1, 0.15) is 0 Å². The van der Waals surface area contributed by atoms with Crippen molar-refractivity contribution in [1.82, 2.24) is 10.3 Å². The number of H-pyrrole nitrogens is 1. The molecule has 0 radical (unpaired) electrons. The molecule has 1 aromatic carbocycles. The van der Waals surface area contributed by atoms with Gasteiger partial charge < -0.3 is 15.0 Å². The van der Waals surface area contributed by atoms with Gasteiger partial charge in [-0.3, -0.25) is 9.59 Å². The number of nitrogens with one attached hydrogen (secondary N) is 2. The Kier molecular flexibility index (Phi) is 5.37. The van der Waals surface area contributed by atoms with Gasteiger partial charge in [-0.1, -0.05) is 31.5 Å². The summed E-state index contributed by atoms with van der Waals surface area (Å²) in [5.74, 6) is -0.652. The molecule has 1 heterocycles. The molecule has 112 valence electrons. The van der Waals surface area contributed by atoms with Crippen molar-refractivity contribution in [1.29, 1.82) is 0 Å². The lowest BCUT2D eigenvalue weighted by molar-refractivity contribution is -0.147. The number of unbranched alkanes of at least 4 members (excludes halogenated alkanes) is 1. The van der Waals surface area contributed by atoms with Gasteiger partial charge in [-0.15, -0.1) is 0 Å². The molecule has 0 aliphatic rings. The number of carbonyl (C=O) groups is 2. The first-order valence-corrected chi connectivity index (χ1v) is 7.18. The third kappa shape index (κ3) is 4.34. The minimum absolute atomic E-state index is 0.159. The van der Waals surface area contributed by atoms with E-state index in [4.69, 9.17) is 4.74 Å². The Morgan fingerprint density at radius 1 is 1.29 bits per heavy atom. The minimum atomic E-state index is -0.398. The van der Waals surface area contributed by atoms with Crippen molar-refractivity contribution in [2.45, 2.75) is 26.2 Å². The molecule has 0 saturated carbocycles. The maximum absolute atomic E-state index is 11.8. The second kappa shape index (κ2) is 7.47. The van der Waals surface area contributed by atoms with Gasteiger partial charge in [0.15, 0.2) is 6.61 Å². The van der Waals surface area contributed by atoms with Crippen LogP contribution in [0.2, 0.25) is 0 Å². The van der Waals surface area contributed by atoms with E-state index in [-0.39, 0.29) is 18.9 Å². The summed E-state index contributed by atoms with van der Waals surface area (Å²) in [5.41, 5.74) is 1.86. The van der Waals surface area contributed by atoms with Crippen molar-refractivity contribution in [3.63, 3.8) is 0 Å². The number of fused-ring (bicyclic) bond motifs is 1. The molecule has 21 heavy (non-hydrogen) atoms. The topological polar surface area (TPSA) is 71.2 Å². The van der Waals surface area contributed by atoms with Crippen LogP contribution in [0.3, 0.4) is 0 Å². The number of ether oxygens (including phenoxy) is 1. The highest BCUT2D eigenvalue weighted by Crippen LogP contribution is 2.18. The molecule has 5 nitrogen and oxygen atoms in total.